The highest BCUT2D eigenvalue weighted by Crippen LogP contribution is 2.20. The van der Waals surface area contributed by atoms with Gasteiger partial charge in [-0.2, -0.15) is 0 Å². The van der Waals surface area contributed by atoms with Crippen LogP contribution in [0.2, 0.25) is 0 Å². The average Bonchev–Trinajstić information content (AvgIpc) is 2.43. The molecule has 3 N–H and O–H groups in total. The summed E-state index contributed by atoms with van der Waals surface area (Å²) in [5, 5.41) is 2.80. The summed E-state index contributed by atoms with van der Waals surface area (Å²) in [7, 11) is 0. The number of benzene rings is 1. The van der Waals surface area contributed by atoms with Gasteiger partial charge in [-0.05, 0) is 30.7 Å². The van der Waals surface area contributed by atoms with Crippen molar-refractivity contribution in [3.8, 4) is 0 Å². The van der Waals surface area contributed by atoms with Crippen LogP contribution in [0.1, 0.15) is 5.56 Å². The molecule has 1 fully saturated rings. The van der Waals surface area contributed by atoms with E-state index in [-0.39, 0.29) is 12.6 Å². The Morgan fingerprint density at radius 1 is 1.50 bits per heavy atom. The Labute approximate surface area is 125 Å². The van der Waals surface area contributed by atoms with E-state index < -0.39 is 12.0 Å². The highest BCUT2D eigenvalue weighted by atomic mass is 79.9. The number of halogens is 1. The van der Waals surface area contributed by atoms with E-state index in [0.29, 0.717) is 18.8 Å². The van der Waals surface area contributed by atoms with Crippen LogP contribution in [0.25, 0.3) is 0 Å². The first-order valence-corrected chi connectivity index (χ1v) is 6.99. The van der Waals surface area contributed by atoms with Crippen molar-refractivity contribution in [1.82, 2.24) is 4.90 Å². The number of primary amides is 1. The molecule has 1 aromatic rings. The molecule has 3 amide bonds. The summed E-state index contributed by atoms with van der Waals surface area (Å²) in [6.07, 6.45) is -0.735. The minimum atomic E-state index is -0.735. The topological polar surface area (TPSA) is 84.7 Å². The first-order chi connectivity index (χ1) is 9.47. The number of nitrogens with zero attached hydrogens (tertiary/aromatic N) is 1. The number of morpholine rings is 1. The van der Waals surface area contributed by atoms with Crippen LogP contribution >= 0.6 is 15.9 Å². The number of hydrogen-bond donors (Lipinski definition) is 2. The predicted octanol–water partition coefficient (Wildman–Crippen LogP) is 1.48. The number of amides is 3. The molecule has 0 aliphatic carbocycles. The van der Waals surface area contributed by atoms with E-state index in [1.807, 2.05) is 19.1 Å². The van der Waals surface area contributed by atoms with Crippen molar-refractivity contribution in [2.24, 2.45) is 5.73 Å². The number of aryl methyl sites for hydroxylation is 1. The third-order valence-electron chi connectivity index (χ3n) is 3.08. The van der Waals surface area contributed by atoms with E-state index in [4.69, 9.17) is 10.5 Å². The first kappa shape index (κ1) is 14.8. The van der Waals surface area contributed by atoms with Crippen molar-refractivity contribution in [3.63, 3.8) is 0 Å². The molecule has 0 spiro atoms. The zero-order chi connectivity index (χ0) is 14.7. The van der Waals surface area contributed by atoms with Crippen molar-refractivity contribution in [2.45, 2.75) is 13.0 Å². The van der Waals surface area contributed by atoms with Gasteiger partial charge in [0.1, 0.15) is 0 Å². The number of nitrogens with one attached hydrogen (secondary N) is 1. The third-order valence-corrected chi connectivity index (χ3v) is 3.97. The van der Waals surface area contributed by atoms with Crippen molar-refractivity contribution in [2.75, 3.05) is 25.0 Å². The SMILES string of the molecule is Cc1cc(NC(=O)N2CCO[C@H](C(N)=O)C2)ccc1Br. The van der Waals surface area contributed by atoms with Crippen LogP contribution in [0.5, 0.6) is 0 Å². The zero-order valence-electron chi connectivity index (χ0n) is 11.1. The van der Waals surface area contributed by atoms with E-state index in [9.17, 15) is 9.59 Å². The van der Waals surface area contributed by atoms with Crippen molar-refractivity contribution in [1.29, 1.82) is 0 Å². The lowest BCUT2D eigenvalue weighted by Crippen LogP contribution is -2.51. The maximum Gasteiger partial charge on any atom is 0.322 e. The molecule has 108 valence electrons. The second-order valence-electron chi connectivity index (χ2n) is 4.60. The Morgan fingerprint density at radius 2 is 2.25 bits per heavy atom. The molecule has 1 aromatic carbocycles. The van der Waals surface area contributed by atoms with Gasteiger partial charge in [-0.25, -0.2) is 4.79 Å². The lowest BCUT2D eigenvalue weighted by atomic mass is 10.2. The van der Waals surface area contributed by atoms with Gasteiger partial charge in [0.15, 0.2) is 6.10 Å². The van der Waals surface area contributed by atoms with Gasteiger partial charge in [-0.15, -0.1) is 0 Å². The largest absolute Gasteiger partial charge is 0.367 e. The Balaban J connectivity index is 2.00. The molecule has 6 nitrogen and oxygen atoms in total. The van der Waals surface area contributed by atoms with Crippen molar-refractivity contribution >= 4 is 33.6 Å². The van der Waals surface area contributed by atoms with Crippen molar-refractivity contribution < 1.29 is 14.3 Å². The van der Waals surface area contributed by atoms with Crippen molar-refractivity contribution in [3.05, 3.63) is 28.2 Å². The highest BCUT2D eigenvalue weighted by molar-refractivity contribution is 9.10. The van der Waals surface area contributed by atoms with E-state index in [0.717, 1.165) is 10.0 Å². The molecule has 2 rings (SSSR count). The third kappa shape index (κ3) is 3.49. The molecule has 0 bridgehead atoms. The minimum Gasteiger partial charge on any atom is -0.367 e. The number of nitrogens with two attached hydrogens (primary N) is 1. The van der Waals surface area contributed by atoms with Gasteiger partial charge in [-0.1, -0.05) is 15.9 Å². The van der Waals surface area contributed by atoms with Crippen LogP contribution < -0.4 is 11.1 Å². The van der Waals surface area contributed by atoms with Crippen LogP contribution in [-0.2, 0) is 9.53 Å². The van der Waals surface area contributed by atoms with Crippen LogP contribution in [-0.4, -0.2) is 42.6 Å². The lowest BCUT2D eigenvalue weighted by Gasteiger charge is -2.31. The summed E-state index contributed by atoms with van der Waals surface area (Å²) in [6.45, 7) is 2.86. The average molecular weight is 342 g/mol. The summed E-state index contributed by atoms with van der Waals surface area (Å²) in [5.41, 5.74) is 6.93. The second kappa shape index (κ2) is 6.23. The molecule has 1 heterocycles. The van der Waals surface area contributed by atoms with Crippen LogP contribution in [0.3, 0.4) is 0 Å². The Bertz CT molecular complexity index is 536. The number of rotatable bonds is 2. The molecular formula is C13H16BrN3O3. The summed E-state index contributed by atoms with van der Waals surface area (Å²) >= 11 is 3.40. The smallest absolute Gasteiger partial charge is 0.322 e. The summed E-state index contributed by atoms with van der Waals surface area (Å²) in [6, 6.07) is 5.28. The number of ether oxygens (including phenoxy) is 1. The molecule has 20 heavy (non-hydrogen) atoms. The maximum atomic E-state index is 12.1. The van der Waals surface area contributed by atoms with Gasteiger partial charge in [0.05, 0.1) is 13.2 Å². The monoisotopic (exact) mass is 341 g/mol. The van der Waals surface area contributed by atoms with Crippen LogP contribution in [0.4, 0.5) is 10.5 Å². The molecular weight excluding hydrogens is 326 g/mol. The van der Waals surface area contributed by atoms with Gasteiger partial charge in [0.25, 0.3) is 0 Å². The van der Waals surface area contributed by atoms with E-state index in [2.05, 4.69) is 21.2 Å². The van der Waals surface area contributed by atoms with E-state index >= 15 is 0 Å². The second-order valence-corrected chi connectivity index (χ2v) is 5.46. The Kier molecular flexibility index (Phi) is 4.61. The lowest BCUT2D eigenvalue weighted by molar-refractivity contribution is -0.133. The van der Waals surface area contributed by atoms with E-state index in [1.165, 1.54) is 4.90 Å². The van der Waals surface area contributed by atoms with Gasteiger partial charge in [0.2, 0.25) is 5.91 Å². The van der Waals surface area contributed by atoms with Gasteiger partial charge in [-0.3, -0.25) is 4.79 Å². The Morgan fingerprint density at radius 3 is 2.90 bits per heavy atom. The van der Waals surface area contributed by atoms with Crippen LogP contribution in [0, 0.1) is 6.92 Å². The fourth-order valence-electron chi connectivity index (χ4n) is 1.93. The number of urea groups is 1. The standard InChI is InChI=1S/C13H16BrN3O3/c1-8-6-9(2-3-10(8)14)16-13(19)17-4-5-20-11(7-17)12(15)18/h2-3,6,11H,4-5,7H2,1H3,(H2,15,18)(H,16,19)/t11-/m0/s1. The number of carbonyl (C=O) groups excluding carboxylic acids is 2. The fraction of sp³-hybridized carbons (Fsp3) is 0.385. The molecule has 0 unspecified atom stereocenters. The van der Waals surface area contributed by atoms with Gasteiger partial charge >= 0.3 is 6.03 Å². The quantitative estimate of drug-likeness (QED) is 0.854. The zero-order valence-corrected chi connectivity index (χ0v) is 12.6. The van der Waals surface area contributed by atoms with E-state index in [1.54, 1.807) is 6.07 Å². The molecule has 1 aliphatic rings. The molecule has 7 heteroatoms. The fourth-order valence-corrected chi connectivity index (χ4v) is 2.18. The summed E-state index contributed by atoms with van der Waals surface area (Å²) in [5.74, 6) is -0.554. The minimum absolute atomic E-state index is 0.177. The molecule has 1 atom stereocenters. The molecule has 0 saturated carbocycles. The van der Waals surface area contributed by atoms with Crippen LogP contribution in [0.15, 0.2) is 22.7 Å². The molecule has 1 aliphatic heterocycles. The highest BCUT2D eigenvalue weighted by Gasteiger charge is 2.27. The maximum absolute atomic E-state index is 12.1. The summed E-state index contributed by atoms with van der Waals surface area (Å²) in [4.78, 5) is 24.7. The molecule has 0 aromatic heterocycles. The molecule has 0 radical (unpaired) electrons. The normalized spacial score (nSPS) is 18.7. The molecule has 1 saturated heterocycles. The Hall–Kier alpha value is -1.60. The predicted molar refractivity (Wildman–Crippen MR) is 78.4 cm³/mol. The first-order valence-electron chi connectivity index (χ1n) is 6.20. The summed E-state index contributed by atoms with van der Waals surface area (Å²) < 4.78 is 6.18. The number of anilines is 1. The number of hydrogen-bond acceptors (Lipinski definition) is 3. The number of carbonyl (C=O) groups is 2. The van der Waals surface area contributed by atoms with Gasteiger partial charge in [0, 0.05) is 16.7 Å². The van der Waals surface area contributed by atoms with Gasteiger partial charge < -0.3 is 20.7 Å².